The summed E-state index contributed by atoms with van der Waals surface area (Å²) in [6.45, 7) is 2.13. The summed E-state index contributed by atoms with van der Waals surface area (Å²) in [6.07, 6.45) is 3.75. The molecule has 5 nitrogen and oxygen atoms in total. The normalized spacial score (nSPS) is 23.9. The molecule has 1 aliphatic rings. The minimum atomic E-state index is 0.171. The number of tetrazole rings is 1. The third-order valence-corrected chi connectivity index (χ3v) is 4.25. The molecule has 0 amide bonds. The van der Waals surface area contributed by atoms with Gasteiger partial charge in [0.2, 0.25) is 0 Å². The number of aryl methyl sites for hydroxylation is 1. The van der Waals surface area contributed by atoms with Crippen molar-refractivity contribution in [1.82, 2.24) is 25.5 Å². The lowest BCUT2D eigenvalue weighted by Crippen LogP contribution is -2.34. The quantitative estimate of drug-likeness (QED) is 0.926. The van der Waals surface area contributed by atoms with Gasteiger partial charge in [0, 0.05) is 13.1 Å². The van der Waals surface area contributed by atoms with Gasteiger partial charge >= 0.3 is 0 Å². The van der Waals surface area contributed by atoms with Crippen LogP contribution in [0.3, 0.4) is 0 Å². The van der Waals surface area contributed by atoms with Gasteiger partial charge in [-0.25, -0.2) is 4.68 Å². The molecule has 3 atom stereocenters. The van der Waals surface area contributed by atoms with E-state index in [4.69, 9.17) is 0 Å². The summed E-state index contributed by atoms with van der Waals surface area (Å²) in [4.78, 5) is 0. The van der Waals surface area contributed by atoms with E-state index in [9.17, 15) is 0 Å². The zero-order chi connectivity index (χ0) is 13.9. The zero-order valence-electron chi connectivity index (χ0n) is 12.0. The van der Waals surface area contributed by atoms with Crippen LogP contribution < -0.4 is 5.32 Å². The molecule has 1 aliphatic carbocycles. The molecule has 3 unspecified atom stereocenters. The number of aromatic nitrogens is 4. The van der Waals surface area contributed by atoms with Crippen molar-refractivity contribution in [1.29, 1.82) is 0 Å². The molecule has 0 bridgehead atoms. The first-order chi connectivity index (χ1) is 9.75. The minimum absolute atomic E-state index is 0.171. The van der Waals surface area contributed by atoms with Crippen LogP contribution in [0.15, 0.2) is 30.3 Å². The van der Waals surface area contributed by atoms with E-state index in [0.717, 1.165) is 5.82 Å². The second kappa shape index (κ2) is 5.71. The summed E-state index contributed by atoms with van der Waals surface area (Å²) in [7, 11) is 1.89. The predicted molar refractivity (Wildman–Crippen MR) is 77.2 cm³/mol. The molecule has 1 saturated carbocycles. The number of benzene rings is 1. The van der Waals surface area contributed by atoms with E-state index in [0.29, 0.717) is 12.0 Å². The molecule has 0 aliphatic heterocycles. The number of hydrogen-bond donors (Lipinski definition) is 1. The molecule has 0 radical (unpaired) electrons. The fourth-order valence-electron chi connectivity index (χ4n) is 3.26. The first-order valence-electron chi connectivity index (χ1n) is 7.29. The maximum Gasteiger partial charge on any atom is 0.167 e. The Kier molecular flexibility index (Phi) is 3.78. The maximum atomic E-state index is 4.09. The molecule has 106 valence electrons. The van der Waals surface area contributed by atoms with E-state index in [2.05, 4.69) is 58.1 Å². The highest BCUT2D eigenvalue weighted by atomic mass is 15.5. The van der Waals surface area contributed by atoms with Crippen molar-refractivity contribution in [2.75, 3.05) is 0 Å². The Bertz CT molecular complexity index is 550. The van der Waals surface area contributed by atoms with Gasteiger partial charge in [0.25, 0.3) is 0 Å². The lowest BCUT2D eigenvalue weighted by molar-refractivity contribution is 0.408. The molecule has 1 N–H and O–H groups in total. The zero-order valence-corrected chi connectivity index (χ0v) is 12.0. The van der Waals surface area contributed by atoms with Gasteiger partial charge in [-0.05, 0) is 41.7 Å². The first-order valence-corrected chi connectivity index (χ1v) is 7.29. The Hall–Kier alpha value is -1.75. The van der Waals surface area contributed by atoms with Crippen molar-refractivity contribution in [2.45, 2.75) is 44.2 Å². The Morgan fingerprint density at radius 1 is 1.25 bits per heavy atom. The van der Waals surface area contributed by atoms with Gasteiger partial charge in [0.1, 0.15) is 0 Å². The number of hydrogen-bond acceptors (Lipinski definition) is 4. The van der Waals surface area contributed by atoms with E-state index in [1.54, 1.807) is 4.68 Å². The SMILES string of the molecule is CC(NC1CCCC1c1ccccc1)c1nnnn1C. The summed E-state index contributed by atoms with van der Waals surface area (Å²) < 4.78 is 1.74. The largest absolute Gasteiger partial charge is 0.304 e. The monoisotopic (exact) mass is 271 g/mol. The van der Waals surface area contributed by atoms with Gasteiger partial charge in [0.15, 0.2) is 5.82 Å². The highest BCUT2D eigenvalue weighted by molar-refractivity contribution is 5.22. The molecule has 1 fully saturated rings. The van der Waals surface area contributed by atoms with E-state index >= 15 is 0 Å². The first kappa shape index (κ1) is 13.2. The average molecular weight is 271 g/mol. The van der Waals surface area contributed by atoms with Crippen molar-refractivity contribution in [3.05, 3.63) is 41.7 Å². The van der Waals surface area contributed by atoms with Gasteiger partial charge in [-0.1, -0.05) is 36.8 Å². The number of nitrogens with zero attached hydrogens (tertiary/aromatic N) is 4. The molecule has 0 saturated heterocycles. The Balaban J connectivity index is 1.72. The van der Waals surface area contributed by atoms with Crippen LogP contribution >= 0.6 is 0 Å². The van der Waals surface area contributed by atoms with Crippen LogP contribution in [0.25, 0.3) is 0 Å². The Morgan fingerprint density at radius 2 is 2.05 bits per heavy atom. The van der Waals surface area contributed by atoms with Crippen LogP contribution in [0.5, 0.6) is 0 Å². The van der Waals surface area contributed by atoms with Gasteiger partial charge in [-0.15, -0.1) is 5.10 Å². The van der Waals surface area contributed by atoms with Gasteiger partial charge in [0.05, 0.1) is 6.04 Å². The standard InChI is InChI=1S/C15H21N5/c1-11(15-17-18-19-20(15)2)16-14-10-6-9-13(14)12-7-4-3-5-8-12/h3-5,7-8,11,13-14,16H,6,9-10H2,1-2H3. The van der Waals surface area contributed by atoms with Crippen LogP contribution in [0.2, 0.25) is 0 Å². The molecule has 3 rings (SSSR count). The highest BCUT2D eigenvalue weighted by Crippen LogP contribution is 2.35. The topological polar surface area (TPSA) is 55.6 Å². The number of nitrogens with one attached hydrogen (secondary N) is 1. The molecule has 0 spiro atoms. The Labute approximate surface area is 119 Å². The van der Waals surface area contributed by atoms with Gasteiger partial charge < -0.3 is 5.32 Å². The third kappa shape index (κ3) is 2.58. The molecule has 20 heavy (non-hydrogen) atoms. The van der Waals surface area contributed by atoms with E-state index < -0.39 is 0 Å². The van der Waals surface area contributed by atoms with Crippen molar-refractivity contribution >= 4 is 0 Å². The molecular formula is C15H21N5. The fraction of sp³-hybridized carbons (Fsp3) is 0.533. The second-order valence-electron chi connectivity index (χ2n) is 5.60. The van der Waals surface area contributed by atoms with Crippen molar-refractivity contribution < 1.29 is 0 Å². The van der Waals surface area contributed by atoms with Crippen LogP contribution in [-0.2, 0) is 7.05 Å². The van der Waals surface area contributed by atoms with E-state index in [-0.39, 0.29) is 6.04 Å². The van der Waals surface area contributed by atoms with Crippen molar-refractivity contribution in [3.8, 4) is 0 Å². The molecule has 1 aromatic heterocycles. The molecule has 2 aromatic rings. The molecule has 1 heterocycles. The summed E-state index contributed by atoms with van der Waals surface area (Å²) in [5, 5.41) is 15.4. The summed E-state index contributed by atoms with van der Waals surface area (Å²) in [5.74, 6) is 1.49. The lowest BCUT2D eigenvalue weighted by Gasteiger charge is -2.24. The van der Waals surface area contributed by atoms with Crippen molar-refractivity contribution in [2.24, 2.45) is 7.05 Å². The summed E-state index contributed by atoms with van der Waals surface area (Å²) >= 11 is 0. The van der Waals surface area contributed by atoms with Crippen LogP contribution in [0, 0.1) is 0 Å². The third-order valence-electron chi connectivity index (χ3n) is 4.25. The summed E-state index contributed by atoms with van der Waals surface area (Å²) in [5.41, 5.74) is 1.44. The van der Waals surface area contributed by atoms with Crippen LogP contribution in [-0.4, -0.2) is 26.2 Å². The average Bonchev–Trinajstić information content (AvgIpc) is 3.08. The molecular weight excluding hydrogens is 250 g/mol. The van der Waals surface area contributed by atoms with Crippen LogP contribution in [0.1, 0.15) is 49.5 Å². The van der Waals surface area contributed by atoms with E-state index in [1.807, 2.05) is 7.05 Å². The van der Waals surface area contributed by atoms with Crippen LogP contribution in [0.4, 0.5) is 0 Å². The lowest BCUT2D eigenvalue weighted by atomic mass is 9.93. The Morgan fingerprint density at radius 3 is 2.75 bits per heavy atom. The van der Waals surface area contributed by atoms with Gasteiger partial charge in [-0.2, -0.15) is 0 Å². The number of rotatable bonds is 4. The minimum Gasteiger partial charge on any atom is -0.304 e. The molecule has 5 heteroatoms. The van der Waals surface area contributed by atoms with Crippen molar-refractivity contribution in [3.63, 3.8) is 0 Å². The van der Waals surface area contributed by atoms with Gasteiger partial charge in [-0.3, -0.25) is 0 Å². The second-order valence-corrected chi connectivity index (χ2v) is 5.60. The molecule has 1 aromatic carbocycles. The highest BCUT2D eigenvalue weighted by Gasteiger charge is 2.30. The summed E-state index contributed by atoms with van der Waals surface area (Å²) in [6, 6.07) is 11.5. The predicted octanol–water partition coefficient (Wildman–Crippen LogP) is 2.20. The smallest absolute Gasteiger partial charge is 0.167 e. The maximum absolute atomic E-state index is 4.09. The fourth-order valence-corrected chi connectivity index (χ4v) is 3.26. The van der Waals surface area contributed by atoms with E-state index in [1.165, 1.54) is 24.8 Å².